The maximum Gasteiger partial charge on any atom is 0.321 e. The van der Waals surface area contributed by atoms with E-state index in [0.29, 0.717) is 19.6 Å². The van der Waals surface area contributed by atoms with Crippen LogP contribution in [0, 0.1) is 5.82 Å². The molecule has 2 aliphatic heterocycles. The number of piperidine rings is 1. The number of nitrogens with zero attached hydrogens (tertiary/aromatic N) is 3. The van der Waals surface area contributed by atoms with Gasteiger partial charge in [-0.15, -0.1) is 0 Å². The van der Waals surface area contributed by atoms with Crippen LogP contribution in [0.1, 0.15) is 29.5 Å². The molecule has 4 rings (SSSR count). The summed E-state index contributed by atoms with van der Waals surface area (Å²) >= 11 is 0. The molecule has 2 aromatic carbocycles. The summed E-state index contributed by atoms with van der Waals surface area (Å²) in [5.41, 5.74) is 2.98. The Morgan fingerprint density at radius 2 is 1.76 bits per heavy atom. The smallest absolute Gasteiger partial charge is 0.321 e. The van der Waals surface area contributed by atoms with Crippen molar-refractivity contribution < 1.29 is 13.9 Å². The van der Waals surface area contributed by atoms with Crippen molar-refractivity contribution in [2.45, 2.75) is 38.5 Å². The van der Waals surface area contributed by atoms with E-state index >= 15 is 0 Å². The number of rotatable bonds is 4. The van der Waals surface area contributed by atoms with Crippen LogP contribution in [0.4, 0.5) is 9.18 Å². The summed E-state index contributed by atoms with van der Waals surface area (Å²) in [5, 5.41) is 0. The molecule has 2 amide bonds. The van der Waals surface area contributed by atoms with Crippen LogP contribution < -0.4 is 4.74 Å². The fourth-order valence-corrected chi connectivity index (χ4v) is 4.27. The molecule has 5 nitrogen and oxygen atoms in total. The summed E-state index contributed by atoms with van der Waals surface area (Å²) in [4.78, 5) is 19.7. The monoisotopic (exact) mass is 397 g/mol. The van der Waals surface area contributed by atoms with Gasteiger partial charge in [0.25, 0.3) is 0 Å². The van der Waals surface area contributed by atoms with Gasteiger partial charge in [-0.05, 0) is 73.9 Å². The number of fused-ring (bicyclic) bond motifs is 1. The van der Waals surface area contributed by atoms with Gasteiger partial charge in [0.2, 0.25) is 0 Å². The number of carbonyl (C=O) groups excluding carboxylic acids is 1. The van der Waals surface area contributed by atoms with Gasteiger partial charge in [-0.3, -0.25) is 0 Å². The van der Waals surface area contributed by atoms with Gasteiger partial charge >= 0.3 is 6.03 Å². The van der Waals surface area contributed by atoms with Crippen LogP contribution in [0.3, 0.4) is 0 Å². The molecule has 2 aliphatic rings. The van der Waals surface area contributed by atoms with E-state index in [1.807, 2.05) is 40.1 Å². The Hall–Kier alpha value is -2.60. The highest BCUT2D eigenvalue weighted by Crippen LogP contribution is 2.28. The lowest BCUT2D eigenvalue weighted by molar-refractivity contribution is 0.101. The van der Waals surface area contributed by atoms with E-state index in [-0.39, 0.29) is 17.9 Å². The molecule has 2 heterocycles. The van der Waals surface area contributed by atoms with Crippen molar-refractivity contribution in [3.63, 3.8) is 0 Å². The van der Waals surface area contributed by atoms with E-state index in [1.54, 1.807) is 13.2 Å². The zero-order chi connectivity index (χ0) is 20.4. The van der Waals surface area contributed by atoms with Gasteiger partial charge < -0.3 is 19.4 Å². The fourth-order valence-electron chi connectivity index (χ4n) is 4.27. The summed E-state index contributed by atoms with van der Waals surface area (Å²) in [6, 6.07) is 12.9. The van der Waals surface area contributed by atoms with Crippen LogP contribution in [-0.2, 0) is 19.6 Å². The van der Waals surface area contributed by atoms with Crippen LogP contribution >= 0.6 is 0 Å². The molecule has 1 saturated heterocycles. The van der Waals surface area contributed by atoms with Gasteiger partial charge in [-0.1, -0.05) is 18.2 Å². The number of methoxy groups -OCH3 is 1. The molecule has 154 valence electrons. The molecule has 0 aromatic heterocycles. The number of urea groups is 1. The normalized spacial score (nSPS) is 18.5. The van der Waals surface area contributed by atoms with E-state index < -0.39 is 0 Å². The van der Waals surface area contributed by atoms with Crippen molar-refractivity contribution >= 4 is 6.03 Å². The number of hydrogen-bond donors (Lipinski definition) is 0. The van der Waals surface area contributed by atoms with Crippen molar-refractivity contribution in [2.24, 2.45) is 0 Å². The largest absolute Gasteiger partial charge is 0.497 e. The second-order valence-electron chi connectivity index (χ2n) is 8.06. The van der Waals surface area contributed by atoms with Crippen molar-refractivity contribution in [1.29, 1.82) is 0 Å². The summed E-state index contributed by atoms with van der Waals surface area (Å²) < 4.78 is 19.2. The third-order valence-electron chi connectivity index (χ3n) is 6.05. The maximum atomic E-state index is 13.9. The standard InChI is InChI=1S/C23H28FN3O2/c1-25-11-9-21(10-12-25)27-16-19-13-20(24)6-5-18(19)15-26(23(27)28)14-17-3-7-22(29-2)8-4-17/h3-8,13,21H,9-12,14-16H2,1-2H3. The molecule has 0 unspecified atom stereocenters. The van der Waals surface area contributed by atoms with Crippen molar-refractivity contribution in [2.75, 3.05) is 27.2 Å². The summed E-state index contributed by atoms with van der Waals surface area (Å²) in [6.45, 7) is 3.43. The van der Waals surface area contributed by atoms with Crippen LogP contribution in [0.15, 0.2) is 42.5 Å². The Morgan fingerprint density at radius 3 is 2.45 bits per heavy atom. The molecule has 29 heavy (non-hydrogen) atoms. The van der Waals surface area contributed by atoms with Gasteiger partial charge in [-0.25, -0.2) is 9.18 Å². The molecule has 0 N–H and O–H groups in total. The highest BCUT2D eigenvalue weighted by molar-refractivity contribution is 5.75. The fraction of sp³-hybridized carbons (Fsp3) is 0.435. The summed E-state index contributed by atoms with van der Waals surface area (Å²) in [6.07, 6.45) is 1.90. The third-order valence-corrected chi connectivity index (χ3v) is 6.05. The number of amides is 2. The first-order valence-corrected chi connectivity index (χ1v) is 10.2. The Bertz CT molecular complexity index is 863. The molecule has 0 spiro atoms. The quantitative estimate of drug-likeness (QED) is 0.786. The summed E-state index contributed by atoms with van der Waals surface area (Å²) in [7, 11) is 3.75. The first kappa shape index (κ1) is 19.7. The third kappa shape index (κ3) is 4.37. The van der Waals surface area contributed by atoms with Crippen LogP contribution in [0.2, 0.25) is 0 Å². The van der Waals surface area contributed by atoms with Crippen LogP contribution in [0.25, 0.3) is 0 Å². The second-order valence-corrected chi connectivity index (χ2v) is 8.06. The molecule has 0 bridgehead atoms. The Labute approximate surface area is 171 Å². The predicted molar refractivity (Wildman–Crippen MR) is 110 cm³/mol. The minimum atomic E-state index is -0.247. The van der Waals surface area contributed by atoms with Gasteiger partial charge in [-0.2, -0.15) is 0 Å². The van der Waals surface area contributed by atoms with E-state index in [0.717, 1.165) is 48.4 Å². The molecule has 1 fully saturated rings. The highest BCUT2D eigenvalue weighted by Gasteiger charge is 2.33. The molecule has 2 aromatic rings. The Kier molecular flexibility index (Phi) is 5.72. The second kappa shape index (κ2) is 8.41. The molecular formula is C23H28FN3O2. The highest BCUT2D eigenvalue weighted by atomic mass is 19.1. The number of halogens is 1. The van der Waals surface area contributed by atoms with Gasteiger partial charge in [0.15, 0.2) is 0 Å². The van der Waals surface area contributed by atoms with E-state index in [2.05, 4.69) is 11.9 Å². The van der Waals surface area contributed by atoms with Gasteiger partial charge in [0.1, 0.15) is 11.6 Å². The average Bonchev–Trinajstić information content (AvgIpc) is 2.86. The number of hydrogen-bond acceptors (Lipinski definition) is 3. The lowest BCUT2D eigenvalue weighted by Gasteiger charge is -2.38. The first-order valence-electron chi connectivity index (χ1n) is 10.2. The number of likely N-dealkylation sites (tertiary alicyclic amines) is 1. The van der Waals surface area contributed by atoms with E-state index in [9.17, 15) is 9.18 Å². The predicted octanol–water partition coefficient (Wildman–Crippen LogP) is 3.87. The van der Waals surface area contributed by atoms with Gasteiger partial charge in [0.05, 0.1) is 7.11 Å². The summed E-state index contributed by atoms with van der Waals surface area (Å²) in [5.74, 6) is 0.549. The molecule has 0 atom stereocenters. The van der Waals surface area contributed by atoms with Gasteiger partial charge in [0, 0.05) is 25.7 Å². The van der Waals surface area contributed by atoms with Crippen molar-refractivity contribution in [3.05, 3.63) is 65.0 Å². The average molecular weight is 397 g/mol. The van der Waals surface area contributed by atoms with Crippen molar-refractivity contribution in [3.8, 4) is 5.75 Å². The number of carbonyl (C=O) groups is 1. The molecular weight excluding hydrogens is 369 g/mol. The van der Waals surface area contributed by atoms with E-state index in [1.165, 1.54) is 6.07 Å². The van der Waals surface area contributed by atoms with Crippen LogP contribution in [0.5, 0.6) is 5.75 Å². The first-order chi connectivity index (χ1) is 14.0. The molecule has 0 aliphatic carbocycles. The maximum absolute atomic E-state index is 13.9. The number of ether oxygens (including phenoxy) is 1. The Balaban J connectivity index is 1.62. The van der Waals surface area contributed by atoms with E-state index in [4.69, 9.17) is 4.74 Å². The molecule has 0 radical (unpaired) electrons. The zero-order valence-corrected chi connectivity index (χ0v) is 17.1. The number of benzene rings is 2. The zero-order valence-electron chi connectivity index (χ0n) is 17.1. The lowest BCUT2D eigenvalue weighted by Crippen LogP contribution is -2.49. The lowest BCUT2D eigenvalue weighted by atomic mass is 10.0. The van der Waals surface area contributed by atoms with Crippen LogP contribution in [-0.4, -0.2) is 54.0 Å². The SMILES string of the molecule is COc1ccc(CN2Cc3ccc(F)cc3CN(C3CCN(C)CC3)C2=O)cc1. The van der Waals surface area contributed by atoms with Crippen molar-refractivity contribution in [1.82, 2.24) is 14.7 Å². The molecule has 0 saturated carbocycles. The Morgan fingerprint density at radius 1 is 1.03 bits per heavy atom. The topological polar surface area (TPSA) is 36.0 Å². The minimum Gasteiger partial charge on any atom is -0.497 e. The minimum absolute atomic E-state index is 0.0342. The molecule has 6 heteroatoms.